The average molecular weight is 737 g/mol. The van der Waals surface area contributed by atoms with Gasteiger partial charge in [0.1, 0.15) is 19.3 Å². The molecule has 2 atom stereocenters. The SMILES string of the molecule is CCCCCCCCCCCCCCCCCCC(=O)OC[C@@H](O)COC(=O)CCCCCCCCCCCCCCCCCCCCC(C)CC. The number of carbonyl (C=O) groups is 2. The van der Waals surface area contributed by atoms with Gasteiger partial charge >= 0.3 is 11.9 Å². The van der Waals surface area contributed by atoms with E-state index in [1.165, 1.54) is 205 Å². The van der Waals surface area contributed by atoms with Crippen LogP contribution in [0.25, 0.3) is 0 Å². The van der Waals surface area contributed by atoms with Crippen LogP contribution in [0.2, 0.25) is 0 Å². The second-order valence-electron chi connectivity index (χ2n) is 16.5. The third-order valence-electron chi connectivity index (χ3n) is 11.1. The molecule has 52 heavy (non-hydrogen) atoms. The lowest BCUT2D eigenvalue weighted by atomic mass is 9.99. The first-order valence-corrected chi connectivity index (χ1v) is 23.5. The molecule has 0 aromatic rings. The Kier molecular flexibility index (Phi) is 41.7. The predicted octanol–water partition coefficient (Wildman–Crippen LogP) is 14.9. The van der Waals surface area contributed by atoms with Gasteiger partial charge in [-0.2, -0.15) is 0 Å². The fourth-order valence-electron chi connectivity index (χ4n) is 7.18. The van der Waals surface area contributed by atoms with E-state index >= 15 is 0 Å². The van der Waals surface area contributed by atoms with Gasteiger partial charge < -0.3 is 14.6 Å². The summed E-state index contributed by atoms with van der Waals surface area (Å²) in [5.41, 5.74) is 0. The van der Waals surface area contributed by atoms with Gasteiger partial charge in [-0.25, -0.2) is 0 Å². The fraction of sp³-hybridized carbons (Fsp3) is 0.957. The second kappa shape index (κ2) is 42.6. The maximum absolute atomic E-state index is 12.0. The fourth-order valence-corrected chi connectivity index (χ4v) is 7.18. The van der Waals surface area contributed by atoms with Gasteiger partial charge in [0, 0.05) is 12.8 Å². The molecule has 0 bridgehead atoms. The quantitative estimate of drug-likeness (QED) is 0.0498. The van der Waals surface area contributed by atoms with Crippen LogP contribution in [0.1, 0.15) is 265 Å². The van der Waals surface area contributed by atoms with Crippen LogP contribution in [0.5, 0.6) is 0 Å². The first-order chi connectivity index (χ1) is 25.5. The molecule has 0 rings (SSSR count). The normalized spacial score (nSPS) is 12.6. The van der Waals surface area contributed by atoms with Crippen molar-refractivity contribution >= 4 is 11.9 Å². The van der Waals surface area contributed by atoms with Crippen molar-refractivity contribution in [2.24, 2.45) is 5.92 Å². The average Bonchev–Trinajstić information content (AvgIpc) is 3.15. The third kappa shape index (κ3) is 41.7. The van der Waals surface area contributed by atoms with Gasteiger partial charge in [-0.05, 0) is 18.8 Å². The van der Waals surface area contributed by atoms with Crippen LogP contribution in [0.3, 0.4) is 0 Å². The summed E-state index contributed by atoms with van der Waals surface area (Å²) in [5.74, 6) is 0.370. The first kappa shape index (κ1) is 50.9. The lowest BCUT2D eigenvalue weighted by Gasteiger charge is -2.12. The molecule has 0 amide bonds. The highest BCUT2D eigenvalue weighted by Gasteiger charge is 2.12. The van der Waals surface area contributed by atoms with Crippen LogP contribution in [0.4, 0.5) is 0 Å². The molecule has 0 fully saturated rings. The molecule has 5 heteroatoms. The van der Waals surface area contributed by atoms with E-state index < -0.39 is 6.10 Å². The minimum absolute atomic E-state index is 0.107. The van der Waals surface area contributed by atoms with E-state index in [0.717, 1.165) is 31.6 Å². The van der Waals surface area contributed by atoms with Crippen molar-refractivity contribution in [3.8, 4) is 0 Å². The van der Waals surface area contributed by atoms with E-state index in [1.807, 2.05) is 0 Å². The number of esters is 2. The van der Waals surface area contributed by atoms with Gasteiger partial charge in [0.15, 0.2) is 0 Å². The van der Waals surface area contributed by atoms with Gasteiger partial charge in [0.2, 0.25) is 0 Å². The molecular formula is C47H92O5. The van der Waals surface area contributed by atoms with Crippen LogP contribution in [-0.2, 0) is 19.1 Å². The Bertz CT molecular complexity index is 725. The molecule has 0 radical (unpaired) electrons. The van der Waals surface area contributed by atoms with Crippen molar-refractivity contribution in [2.75, 3.05) is 13.2 Å². The Morgan fingerprint density at radius 1 is 0.404 bits per heavy atom. The van der Waals surface area contributed by atoms with Gasteiger partial charge in [0.05, 0.1) is 0 Å². The van der Waals surface area contributed by atoms with Crippen molar-refractivity contribution in [2.45, 2.75) is 271 Å². The minimum atomic E-state index is -0.956. The summed E-state index contributed by atoms with van der Waals surface area (Å²) in [6, 6.07) is 0. The summed E-state index contributed by atoms with van der Waals surface area (Å²) in [6.45, 7) is 6.75. The van der Waals surface area contributed by atoms with Gasteiger partial charge in [0.25, 0.3) is 0 Å². The molecule has 0 aliphatic rings. The zero-order valence-electron chi connectivity index (χ0n) is 35.5. The Hall–Kier alpha value is -1.10. The smallest absolute Gasteiger partial charge is 0.305 e. The van der Waals surface area contributed by atoms with Gasteiger partial charge in [-0.15, -0.1) is 0 Å². The second-order valence-corrected chi connectivity index (χ2v) is 16.5. The molecule has 1 unspecified atom stereocenters. The molecule has 0 aliphatic heterocycles. The Morgan fingerprint density at radius 2 is 0.654 bits per heavy atom. The molecule has 0 saturated carbocycles. The summed E-state index contributed by atoms with van der Waals surface area (Å²) in [5, 5.41) is 10.1. The molecule has 1 N–H and O–H groups in total. The zero-order valence-corrected chi connectivity index (χ0v) is 35.5. The molecule has 0 saturated heterocycles. The third-order valence-corrected chi connectivity index (χ3v) is 11.1. The van der Waals surface area contributed by atoms with E-state index in [1.54, 1.807) is 0 Å². The summed E-state index contributed by atoms with van der Waals surface area (Å²) >= 11 is 0. The molecular weight excluding hydrogens is 645 g/mol. The summed E-state index contributed by atoms with van der Waals surface area (Å²) < 4.78 is 10.4. The minimum Gasteiger partial charge on any atom is -0.463 e. The lowest BCUT2D eigenvalue weighted by Crippen LogP contribution is -2.25. The number of carbonyl (C=O) groups excluding carboxylic acids is 2. The van der Waals surface area contributed by atoms with Crippen molar-refractivity contribution in [1.29, 1.82) is 0 Å². The van der Waals surface area contributed by atoms with Crippen LogP contribution >= 0.6 is 0 Å². The summed E-state index contributed by atoms with van der Waals surface area (Å²) in [6.07, 6.45) is 47.4. The van der Waals surface area contributed by atoms with E-state index in [9.17, 15) is 14.7 Å². The van der Waals surface area contributed by atoms with Crippen molar-refractivity contribution in [1.82, 2.24) is 0 Å². The van der Waals surface area contributed by atoms with E-state index in [0.29, 0.717) is 12.8 Å². The maximum Gasteiger partial charge on any atom is 0.305 e. The highest BCUT2D eigenvalue weighted by Crippen LogP contribution is 2.17. The van der Waals surface area contributed by atoms with E-state index in [2.05, 4.69) is 20.8 Å². The van der Waals surface area contributed by atoms with Crippen LogP contribution in [0.15, 0.2) is 0 Å². The number of hydrogen-bond donors (Lipinski definition) is 1. The zero-order chi connectivity index (χ0) is 38.0. The summed E-state index contributed by atoms with van der Waals surface area (Å²) in [4.78, 5) is 24.0. The molecule has 0 heterocycles. The van der Waals surface area contributed by atoms with Gasteiger partial charge in [-0.3, -0.25) is 9.59 Å². The van der Waals surface area contributed by atoms with E-state index in [-0.39, 0.29) is 25.2 Å². The number of aliphatic hydroxyl groups is 1. The first-order valence-electron chi connectivity index (χ1n) is 23.5. The number of ether oxygens (including phenoxy) is 2. The van der Waals surface area contributed by atoms with Crippen molar-refractivity contribution < 1.29 is 24.2 Å². The number of unbranched alkanes of at least 4 members (excludes halogenated alkanes) is 32. The predicted molar refractivity (Wildman–Crippen MR) is 224 cm³/mol. The van der Waals surface area contributed by atoms with Crippen LogP contribution in [-0.4, -0.2) is 36.4 Å². The molecule has 0 aromatic carbocycles. The standard InChI is InChI=1S/C47H92O5/c1-4-6-7-8-9-10-11-12-13-19-22-25-28-31-34-37-40-46(49)51-42-45(48)43-52-47(50)41-38-35-32-29-26-23-20-17-15-14-16-18-21-24-27-30-33-36-39-44(3)5-2/h44-45,48H,4-43H2,1-3H3/t44?,45-/m1/s1. The molecule has 5 nitrogen and oxygen atoms in total. The largest absolute Gasteiger partial charge is 0.463 e. The van der Waals surface area contributed by atoms with E-state index in [4.69, 9.17) is 9.47 Å². The molecule has 0 aliphatic carbocycles. The molecule has 310 valence electrons. The van der Waals surface area contributed by atoms with Crippen molar-refractivity contribution in [3.05, 3.63) is 0 Å². The van der Waals surface area contributed by atoms with Crippen molar-refractivity contribution in [3.63, 3.8) is 0 Å². The van der Waals surface area contributed by atoms with Crippen LogP contribution < -0.4 is 0 Å². The highest BCUT2D eigenvalue weighted by atomic mass is 16.6. The number of aliphatic hydroxyl groups excluding tert-OH is 1. The molecule has 0 spiro atoms. The van der Waals surface area contributed by atoms with Gasteiger partial charge in [-0.1, -0.05) is 239 Å². The topological polar surface area (TPSA) is 72.8 Å². The Morgan fingerprint density at radius 3 is 0.923 bits per heavy atom. The monoisotopic (exact) mass is 737 g/mol. The molecule has 0 aromatic heterocycles. The Balaban J connectivity index is 3.35. The maximum atomic E-state index is 12.0. The number of rotatable bonds is 43. The number of hydrogen-bond acceptors (Lipinski definition) is 5. The lowest BCUT2D eigenvalue weighted by molar-refractivity contribution is -0.152. The summed E-state index contributed by atoms with van der Waals surface area (Å²) in [7, 11) is 0. The highest BCUT2D eigenvalue weighted by molar-refractivity contribution is 5.69. The Labute approximate surface area is 325 Å². The van der Waals surface area contributed by atoms with Crippen LogP contribution in [0, 0.1) is 5.92 Å².